The predicted molar refractivity (Wildman–Crippen MR) is 59.0 cm³/mol. The molecule has 0 aromatic carbocycles. The van der Waals surface area contributed by atoms with Crippen LogP contribution >= 0.6 is 0 Å². The number of nitrogens with zero attached hydrogens (tertiary/aromatic N) is 3. The molecule has 1 rings (SSSR count). The lowest BCUT2D eigenvalue weighted by molar-refractivity contribution is 0.189. The van der Waals surface area contributed by atoms with Crippen LogP contribution in [-0.2, 0) is 0 Å². The molecule has 82 valence electrons. The van der Waals surface area contributed by atoms with Crippen molar-refractivity contribution in [3.63, 3.8) is 0 Å². The number of hydrogen-bond acceptors (Lipinski definition) is 3. The first-order valence-electron chi connectivity index (χ1n) is 5.03. The summed E-state index contributed by atoms with van der Waals surface area (Å²) in [6, 6.07) is 0.556. The van der Waals surface area contributed by atoms with E-state index >= 15 is 0 Å². The van der Waals surface area contributed by atoms with Gasteiger partial charge in [0.1, 0.15) is 0 Å². The number of rotatable bonds is 1. The maximum absolute atomic E-state index is 5.39. The highest BCUT2D eigenvalue weighted by Gasteiger charge is 2.21. The maximum Gasteiger partial charge on any atom is 0.208 e. The molecule has 0 spiro atoms. The number of nitrogens with one attached hydrogen (secondary N) is 1. The highest BCUT2D eigenvalue weighted by molar-refractivity contribution is 5.79. The van der Waals surface area contributed by atoms with Crippen molar-refractivity contribution in [2.24, 2.45) is 10.8 Å². The SMILES string of the molecule is CN=C(NN)N(C)C1CCN(C)CC1. The van der Waals surface area contributed by atoms with Crippen molar-refractivity contribution in [2.45, 2.75) is 18.9 Å². The quantitative estimate of drug-likeness (QED) is 0.258. The Morgan fingerprint density at radius 1 is 1.50 bits per heavy atom. The van der Waals surface area contributed by atoms with Gasteiger partial charge in [-0.2, -0.15) is 0 Å². The molecule has 0 unspecified atom stereocenters. The molecule has 5 heteroatoms. The van der Waals surface area contributed by atoms with E-state index in [-0.39, 0.29) is 0 Å². The van der Waals surface area contributed by atoms with E-state index in [0.29, 0.717) is 6.04 Å². The number of hydrazine groups is 1. The second-order valence-corrected chi connectivity index (χ2v) is 3.84. The third-order valence-electron chi connectivity index (χ3n) is 2.91. The fraction of sp³-hybridized carbons (Fsp3) is 0.889. The number of piperidine rings is 1. The first-order valence-corrected chi connectivity index (χ1v) is 5.03. The lowest BCUT2D eigenvalue weighted by atomic mass is 10.0. The van der Waals surface area contributed by atoms with Crippen LogP contribution in [0.3, 0.4) is 0 Å². The minimum Gasteiger partial charge on any atom is -0.342 e. The Hall–Kier alpha value is -0.810. The normalized spacial score (nSPS) is 21.0. The third-order valence-corrected chi connectivity index (χ3v) is 2.91. The summed E-state index contributed by atoms with van der Waals surface area (Å²) in [7, 11) is 5.95. The van der Waals surface area contributed by atoms with Gasteiger partial charge >= 0.3 is 0 Å². The lowest BCUT2D eigenvalue weighted by Crippen LogP contribution is -2.50. The van der Waals surface area contributed by atoms with E-state index in [1.54, 1.807) is 7.05 Å². The van der Waals surface area contributed by atoms with Gasteiger partial charge in [0.2, 0.25) is 5.96 Å². The summed E-state index contributed by atoms with van der Waals surface area (Å²) in [5, 5.41) is 0. The van der Waals surface area contributed by atoms with Crippen LogP contribution in [0, 0.1) is 0 Å². The standard InChI is InChI=1S/C9H21N5/c1-11-9(12-10)14(3)8-4-6-13(2)7-5-8/h8H,4-7,10H2,1-3H3,(H,11,12). The van der Waals surface area contributed by atoms with E-state index in [1.165, 1.54) is 12.8 Å². The lowest BCUT2D eigenvalue weighted by Gasteiger charge is -2.36. The van der Waals surface area contributed by atoms with Crippen molar-refractivity contribution >= 4 is 5.96 Å². The molecule has 14 heavy (non-hydrogen) atoms. The Bertz CT molecular complexity index is 195. The van der Waals surface area contributed by atoms with Crippen LogP contribution in [0.1, 0.15) is 12.8 Å². The first-order chi connectivity index (χ1) is 6.69. The average Bonchev–Trinajstić information content (AvgIpc) is 2.20. The fourth-order valence-corrected chi connectivity index (χ4v) is 1.88. The second kappa shape index (κ2) is 5.17. The Morgan fingerprint density at radius 2 is 2.07 bits per heavy atom. The van der Waals surface area contributed by atoms with Crippen LogP contribution in [0.25, 0.3) is 0 Å². The average molecular weight is 199 g/mol. The van der Waals surface area contributed by atoms with Crippen LogP contribution in [-0.4, -0.2) is 56.0 Å². The molecule has 0 aliphatic carbocycles. The molecule has 1 saturated heterocycles. The third kappa shape index (κ3) is 2.59. The van der Waals surface area contributed by atoms with Crippen LogP contribution in [0.2, 0.25) is 0 Å². The predicted octanol–water partition coefficient (Wildman–Crippen LogP) is -0.538. The molecule has 5 nitrogen and oxygen atoms in total. The molecular weight excluding hydrogens is 178 g/mol. The van der Waals surface area contributed by atoms with Crippen molar-refractivity contribution in [1.82, 2.24) is 15.2 Å². The molecule has 1 heterocycles. The zero-order valence-electron chi connectivity index (χ0n) is 9.32. The number of aliphatic imine (C=N–C) groups is 1. The molecular formula is C9H21N5. The van der Waals surface area contributed by atoms with E-state index in [9.17, 15) is 0 Å². The van der Waals surface area contributed by atoms with Crippen LogP contribution < -0.4 is 11.3 Å². The molecule has 0 amide bonds. The first kappa shape index (κ1) is 11.3. The Balaban J connectivity index is 2.48. The molecule has 0 aromatic heterocycles. The van der Waals surface area contributed by atoms with Crippen molar-refractivity contribution in [3.8, 4) is 0 Å². The highest BCUT2D eigenvalue weighted by Crippen LogP contribution is 2.13. The summed E-state index contributed by atoms with van der Waals surface area (Å²) in [6.45, 7) is 2.30. The van der Waals surface area contributed by atoms with Gasteiger partial charge in [-0.3, -0.25) is 10.4 Å². The summed E-state index contributed by atoms with van der Waals surface area (Å²) in [6.07, 6.45) is 2.35. The molecule has 1 aliphatic rings. The molecule has 0 bridgehead atoms. The molecule has 0 saturated carbocycles. The molecule has 0 aromatic rings. The maximum atomic E-state index is 5.39. The molecule has 0 radical (unpaired) electrons. The fourth-order valence-electron chi connectivity index (χ4n) is 1.88. The van der Waals surface area contributed by atoms with Gasteiger partial charge < -0.3 is 9.80 Å². The van der Waals surface area contributed by atoms with Crippen molar-refractivity contribution < 1.29 is 0 Å². The van der Waals surface area contributed by atoms with E-state index in [1.807, 2.05) is 7.05 Å². The van der Waals surface area contributed by atoms with E-state index in [4.69, 9.17) is 5.84 Å². The van der Waals surface area contributed by atoms with Gasteiger partial charge in [-0.05, 0) is 33.0 Å². The molecule has 3 N–H and O–H groups in total. The van der Waals surface area contributed by atoms with Gasteiger partial charge in [0, 0.05) is 20.1 Å². The van der Waals surface area contributed by atoms with Crippen LogP contribution in [0.15, 0.2) is 4.99 Å². The van der Waals surface area contributed by atoms with Gasteiger partial charge in [-0.1, -0.05) is 0 Å². The van der Waals surface area contributed by atoms with Gasteiger partial charge in [0.15, 0.2) is 0 Å². The van der Waals surface area contributed by atoms with E-state index in [2.05, 4.69) is 27.3 Å². The summed E-state index contributed by atoms with van der Waals surface area (Å²) in [5.41, 5.74) is 2.62. The number of hydrogen-bond donors (Lipinski definition) is 2. The summed E-state index contributed by atoms with van der Waals surface area (Å²) in [4.78, 5) is 8.58. The van der Waals surface area contributed by atoms with Crippen molar-refractivity contribution in [2.75, 3.05) is 34.2 Å². The molecule has 1 aliphatic heterocycles. The number of nitrogens with two attached hydrogens (primary N) is 1. The zero-order chi connectivity index (χ0) is 10.6. The monoisotopic (exact) mass is 199 g/mol. The highest BCUT2D eigenvalue weighted by atomic mass is 15.4. The summed E-state index contributed by atoms with van der Waals surface area (Å²) in [5.74, 6) is 6.15. The topological polar surface area (TPSA) is 56.9 Å². The van der Waals surface area contributed by atoms with Crippen molar-refractivity contribution in [3.05, 3.63) is 0 Å². The van der Waals surface area contributed by atoms with Gasteiger partial charge in [-0.25, -0.2) is 5.84 Å². The minimum absolute atomic E-state index is 0.556. The second-order valence-electron chi connectivity index (χ2n) is 3.84. The van der Waals surface area contributed by atoms with Gasteiger partial charge in [0.05, 0.1) is 0 Å². The molecule has 0 atom stereocenters. The minimum atomic E-state index is 0.556. The summed E-state index contributed by atoms with van der Waals surface area (Å²) >= 11 is 0. The smallest absolute Gasteiger partial charge is 0.208 e. The number of likely N-dealkylation sites (tertiary alicyclic amines) is 1. The van der Waals surface area contributed by atoms with Crippen LogP contribution in [0.5, 0.6) is 0 Å². The Morgan fingerprint density at radius 3 is 2.50 bits per heavy atom. The Kier molecular flexibility index (Phi) is 4.16. The number of guanidine groups is 1. The van der Waals surface area contributed by atoms with Gasteiger partial charge in [-0.15, -0.1) is 0 Å². The Labute approximate surface area is 85.9 Å². The largest absolute Gasteiger partial charge is 0.342 e. The van der Waals surface area contributed by atoms with Crippen LogP contribution in [0.4, 0.5) is 0 Å². The van der Waals surface area contributed by atoms with Gasteiger partial charge in [0.25, 0.3) is 0 Å². The van der Waals surface area contributed by atoms with Crippen molar-refractivity contribution in [1.29, 1.82) is 0 Å². The summed E-state index contributed by atoms with van der Waals surface area (Å²) < 4.78 is 0. The van der Waals surface area contributed by atoms with E-state index < -0.39 is 0 Å². The zero-order valence-corrected chi connectivity index (χ0v) is 9.32. The van der Waals surface area contributed by atoms with E-state index in [0.717, 1.165) is 19.0 Å². The molecule has 1 fully saturated rings.